The van der Waals surface area contributed by atoms with Gasteiger partial charge in [0.1, 0.15) is 10.7 Å². The number of ether oxygens (including phenoxy) is 3. The summed E-state index contributed by atoms with van der Waals surface area (Å²) in [6.07, 6.45) is 7.36. The van der Waals surface area contributed by atoms with Crippen molar-refractivity contribution < 1.29 is 19.0 Å². The highest BCUT2D eigenvalue weighted by Crippen LogP contribution is 2.38. The Morgan fingerprint density at radius 1 is 1.15 bits per heavy atom. The number of aromatic nitrogens is 1. The molecule has 6 heteroatoms. The minimum atomic E-state index is -0.213. The molecule has 1 aromatic heterocycles. The molecule has 0 radical (unpaired) electrons. The first-order valence-electron chi connectivity index (χ1n) is 7.85. The van der Waals surface area contributed by atoms with E-state index in [-0.39, 0.29) is 5.78 Å². The lowest BCUT2D eigenvalue weighted by atomic mass is 10.1. The lowest BCUT2D eigenvalue weighted by molar-refractivity contribution is 0.103. The third kappa shape index (κ3) is 4.03. The normalized spacial score (nSPS) is 11.5. The smallest absolute Gasteiger partial charge is 0.212 e. The first-order chi connectivity index (χ1) is 12.6. The van der Waals surface area contributed by atoms with E-state index in [1.807, 2.05) is 25.2 Å². The number of carbonyl (C=O) groups is 1. The quantitative estimate of drug-likeness (QED) is 0.503. The molecule has 5 nitrogen and oxygen atoms in total. The van der Waals surface area contributed by atoms with E-state index in [2.05, 4.69) is 11.6 Å². The molecule has 0 bridgehead atoms. The van der Waals surface area contributed by atoms with Crippen molar-refractivity contribution in [3.05, 3.63) is 64.7 Å². The fourth-order valence-corrected chi connectivity index (χ4v) is 3.19. The highest BCUT2D eigenvalue weighted by Gasteiger charge is 2.20. The number of hydrogen-bond acceptors (Lipinski definition) is 6. The highest BCUT2D eigenvalue weighted by molar-refractivity contribution is 7.11. The van der Waals surface area contributed by atoms with Gasteiger partial charge in [0.2, 0.25) is 11.5 Å². The first-order valence-corrected chi connectivity index (χ1v) is 8.73. The molecule has 0 aliphatic heterocycles. The summed E-state index contributed by atoms with van der Waals surface area (Å²) >= 11 is 1.41. The van der Waals surface area contributed by atoms with Gasteiger partial charge in [-0.15, -0.1) is 11.3 Å². The minimum absolute atomic E-state index is 0.213. The molecule has 0 fully saturated rings. The summed E-state index contributed by atoms with van der Waals surface area (Å²) in [6.45, 7) is 5.58. The third-order valence-electron chi connectivity index (χ3n) is 3.63. The molecule has 0 unspecified atom stereocenters. The zero-order valence-corrected chi connectivity index (χ0v) is 16.1. The van der Waals surface area contributed by atoms with Crippen molar-refractivity contribution in [2.75, 3.05) is 21.3 Å². The topological polar surface area (TPSA) is 57.7 Å². The number of benzene rings is 1. The van der Waals surface area contributed by atoms with E-state index in [0.29, 0.717) is 28.5 Å². The molecule has 0 aliphatic carbocycles. The van der Waals surface area contributed by atoms with E-state index >= 15 is 0 Å². The zero-order valence-electron chi connectivity index (χ0n) is 15.2. The van der Waals surface area contributed by atoms with Gasteiger partial charge in [0, 0.05) is 16.5 Å². The summed E-state index contributed by atoms with van der Waals surface area (Å²) < 4.78 is 15.9. The van der Waals surface area contributed by atoms with Crippen LogP contribution in [0.15, 0.2) is 48.4 Å². The van der Waals surface area contributed by atoms with Crippen LogP contribution in [0.4, 0.5) is 0 Å². The Hall–Kier alpha value is -2.86. The number of nitrogens with zero attached hydrogens (tertiary/aromatic N) is 1. The van der Waals surface area contributed by atoms with Crippen LogP contribution in [0.25, 0.3) is 5.57 Å². The fraction of sp³-hybridized carbons (Fsp3) is 0.200. The van der Waals surface area contributed by atoms with Crippen LogP contribution in [0, 0.1) is 0 Å². The average molecular weight is 371 g/mol. The van der Waals surface area contributed by atoms with E-state index in [9.17, 15) is 4.79 Å². The maximum absolute atomic E-state index is 12.9. The number of carbonyl (C=O) groups excluding carboxylic acids is 1. The summed E-state index contributed by atoms with van der Waals surface area (Å²) in [4.78, 5) is 17.3. The summed E-state index contributed by atoms with van der Waals surface area (Å²) in [6, 6.07) is 3.24. The Kier molecular flexibility index (Phi) is 6.74. The van der Waals surface area contributed by atoms with Gasteiger partial charge in [0.05, 0.1) is 21.3 Å². The standard InChI is InChI=1S/C20H21NO4S/c1-6-8-9-13(7-2)20-21-15(12-26-20)18(22)14-10-16(23-3)19(25-5)17(11-14)24-4/h6-12H,1H2,2-5H3/b9-8-,13-7+. The van der Waals surface area contributed by atoms with Crippen LogP contribution in [0.3, 0.4) is 0 Å². The number of hydrogen-bond donors (Lipinski definition) is 0. The third-order valence-corrected chi connectivity index (χ3v) is 4.52. The van der Waals surface area contributed by atoms with Gasteiger partial charge in [-0.3, -0.25) is 4.79 Å². The van der Waals surface area contributed by atoms with Gasteiger partial charge in [-0.05, 0) is 19.1 Å². The summed E-state index contributed by atoms with van der Waals surface area (Å²) in [5.41, 5.74) is 1.71. The van der Waals surface area contributed by atoms with Crippen LogP contribution >= 0.6 is 11.3 Å². The van der Waals surface area contributed by atoms with E-state index in [1.54, 1.807) is 23.6 Å². The molecule has 1 heterocycles. The van der Waals surface area contributed by atoms with Gasteiger partial charge in [-0.1, -0.05) is 30.9 Å². The highest BCUT2D eigenvalue weighted by atomic mass is 32.1. The molecular formula is C20H21NO4S. The van der Waals surface area contributed by atoms with Crippen LogP contribution < -0.4 is 14.2 Å². The second kappa shape index (κ2) is 9.01. The van der Waals surface area contributed by atoms with Crippen LogP contribution in [0.1, 0.15) is 28.0 Å². The van der Waals surface area contributed by atoms with E-state index in [4.69, 9.17) is 14.2 Å². The molecule has 0 amide bonds. The maximum atomic E-state index is 12.9. The molecule has 0 N–H and O–H groups in total. The largest absolute Gasteiger partial charge is 0.493 e. The molecule has 26 heavy (non-hydrogen) atoms. The van der Waals surface area contributed by atoms with Gasteiger partial charge >= 0.3 is 0 Å². The van der Waals surface area contributed by atoms with Gasteiger partial charge in [-0.2, -0.15) is 0 Å². The van der Waals surface area contributed by atoms with Gasteiger partial charge in [-0.25, -0.2) is 4.98 Å². The van der Waals surface area contributed by atoms with Crippen LogP contribution in [0.2, 0.25) is 0 Å². The van der Waals surface area contributed by atoms with E-state index in [0.717, 1.165) is 10.6 Å². The molecular weight excluding hydrogens is 350 g/mol. The van der Waals surface area contributed by atoms with Crippen molar-refractivity contribution in [2.24, 2.45) is 0 Å². The predicted octanol–water partition coefficient (Wildman–Crippen LogP) is 4.55. The SMILES string of the molecule is C=C/C=C\C(=C/C)c1nc(C(=O)c2cc(OC)c(OC)c(OC)c2)cs1. The molecule has 136 valence electrons. The Labute approximate surface area is 157 Å². The maximum Gasteiger partial charge on any atom is 0.212 e. The van der Waals surface area contributed by atoms with Crippen molar-refractivity contribution >= 4 is 22.7 Å². The number of methoxy groups -OCH3 is 3. The molecule has 1 aromatic carbocycles. The summed E-state index contributed by atoms with van der Waals surface area (Å²) in [5.74, 6) is 1.08. The number of rotatable bonds is 8. The van der Waals surface area contributed by atoms with E-state index < -0.39 is 0 Å². The lowest BCUT2D eigenvalue weighted by Gasteiger charge is -2.13. The molecule has 0 aliphatic rings. The monoisotopic (exact) mass is 371 g/mol. The number of allylic oxidation sites excluding steroid dienone is 5. The van der Waals surface area contributed by atoms with Crippen LogP contribution in [-0.2, 0) is 0 Å². The van der Waals surface area contributed by atoms with Crippen molar-refractivity contribution in [1.29, 1.82) is 0 Å². The van der Waals surface area contributed by atoms with E-state index in [1.165, 1.54) is 32.7 Å². The fourth-order valence-electron chi connectivity index (χ4n) is 2.33. The lowest BCUT2D eigenvalue weighted by Crippen LogP contribution is -2.04. The number of thiazole rings is 1. The molecule has 0 spiro atoms. The molecule has 0 atom stereocenters. The molecule has 0 saturated heterocycles. The molecule has 2 aromatic rings. The Balaban J connectivity index is 2.41. The van der Waals surface area contributed by atoms with Gasteiger partial charge < -0.3 is 14.2 Å². The summed E-state index contributed by atoms with van der Waals surface area (Å²) in [5, 5.41) is 2.51. The molecule has 0 saturated carbocycles. The Bertz CT molecular complexity index is 839. The molecule has 2 rings (SSSR count). The average Bonchev–Trinajstić information content (AvgIpc) is 3.16. The van der Waals surface area contributed by atoms with Crippen molar-refractivity contribution in [2.45, 2.75) is 6.92 Å². The van der Waals surface area contributed by atoms with Crippen molar-refractivity contribution in [3.8, 4) is 17.2 Å². The minimum Gasteiger partial charge on any atom is -0.493 e. The number of ketones is 1. The second-order valence-corrected chi connectivity index (χ2v) is 5.98. The van der Waals surface area contributed by atoms with Crippen molar-refractivity contribution in [1.82, 2.24) is 4.98 Å². The van der Waals surface area contributed by atoms with Crippen LogP contribution in [0.5, 0.6) is 17.2 Å². The van der Waals surface area contributed by atoms with Crippen molar-refractivity contribution in [3.63, 3.8) is 0 Å². The zero-order chi connectivity index (χ0) is 19.1. The van der Waals surface area contributed by atoms with Gasteiger partial charge in [0.25, 0.3) is 0 Å². The second-order valence-electron chi connectivity index (χ2n) is 5.12. The summed E-state index contributed by atoms with van der Waals surface area (Å²) in [7, 11) is 4.54. The Morgan fingerprint density at radius 3 is 2.31 bits per heavy atom. The Morgan fingerprint density at radius 2 is 1.81 bits per heavy atom. The van der Waals surface area contributed by atoms with Crippen LogP contribution in [-0.4, -0.2) is 32.1 Å². The van der Waals surface area contributed by atoms with Gasteiger partial charge in [0.15, 0.2) is 11.5 Å². The predicted molar refractivity (Wildman–Crippen MR) is 105 cm³/mol. The first kappa shape index (κ1) is 19.5.